The van der Waals surface area contributed by atoms with Gasteiger partial charge in [0, 0.05) is 30.1 Å². The molecular formula is C14H17N3O3S. The van der Waals surface area contributed by atoms with Crippen molar-refractivity contribution in [2.24, 2.45) is 0 Å². The molecule has 0 bridgehead atoms. The van der Waals surface area contributed by atoms with E-state index in [1.807, 2.05) is 24.1 Å². The Morgan fingerprint density at radius 3 is 3.10 bits per heavy atom. The van der Waals surface area contributed by atoms with Crippen molar-refractivity contribution in [1.82, 2.24) is 15.0 Å². The molecule has 112 valence electrons. The Labute approximate surface area is 126 Å². The summed E-state index contributed by atoms with van der Waals surface area (Å²) in [5, 5.41) is 6.43. The Hall–Kier alpha value is -1.89. The van der Waals surface area contributed by atoms with Gasteiger partial charge in [-0.15, -0.1) is 0 Å². The van der Waals surface area contributed by atoms with Gasteiger partial charge >= 0.3 is 0 Å². The van der Waals surface area contributed by atoms with Crippen molar-refractivity contribution < 1.29 is 14.1 Å². The van der Waals surface area contributed by atoms with Gasteiger partial charge in [0.1, 0.15) is 11.9 Å². The fourth-order valence-corrected chi connectivity index (χ4v) is 3.03. The molecule has 1 amide bonds. The van der Waals surface area contributed by atoms with Gasteiger partial charge in [0.25, 0.3) is 5.19 Å². The van der Waals surface area contributed by atoms with Gasteiger partial charge in [-0.3, -0.25) is 4.79 Å². The minimum Gasteiger partial charge on any atom is -0.465 e. The summed E-state index contributed by atoms with van der Waals surface area (Å²) < 4.78 is 10.9. The van der Waals surface area contributed by atoms with Gasteiger partial charge in [-0.05, 0) is 13.8 Å². The van der Waals surface area contributed by atoms with Crippen LogP contribution in [0.25, 0.3) is 0 Å². The summed E-state index contributed by atoms with van der Waals surface area (Å²) in [4.78, 5) is 18.3. The molecule has 2 aromatic heterocycles. The first-order valence-electron chi connectivity index (χ1n) is 6.89. The minimum atomic E-state index is 0.0322. The fraction of sp³-hybridized carbons (Fsp3) is 0.500. The molecule has 3 heterocycles. The number of amides is 1. The zero-order chi connectivity index (χ0) is 14.8. The van der Waals surface area contributed by atoms with Crippen LogP contribution in [0, 0.1) is 13.8 Å². The van der Waals surface area contributed by atoms with Gasteiger partial charge in [-0.2, -0.15) is 0 Å². The van der Waals surface area contributed by atoms with Crippen molar-refractivity contribution in [2.45, 2.75) is 32.8 Å². The number of carbonyl (C=O) groups is 1. The van der Waals surface area contributed by atoms with Crippen LogP contribution >= 0.6 is 11.3 Å². The van der Waals surface area contributed by atoms with Gasteiger partial charge in [0.05, 0.1) is 18.7 Å². The van der Waals surface area contributed by atoms with E-state index in [1.54, 1.807) is 6.20 Å². The van der Waals surface area contributed by atoms with E-state index in [4.69, 9.17) is 9.26 Å². The van der Waals surface area contributed by atoms with Crippen molar-refractivity contribution in [1.29, 1.82) is 0 Å². The SMILES string of the molecule is Cc1noc(C)c1CC(=O)N1CCC(Oc2nccs2)C1. The van der Waals surface area contributed by atoms with Crippen LogP contribution in [0.15, 0.2) is 16.1 Å². The number of rotatable bonds is 4. The number of hydrogen-bond acceptors (Lipinski definition) is 6. The van der Waals surface area contributed by atoms with Crippen molar-refractivity contribution in [3.63, 3.8) is 0 Å². The number of hydrogen-bond donors (Lipinski definition) is 0. The van der Waals surface area contributed by atoms with Crippen LogP contribution in [-0.2, 0) is 11.2 Å². The smallest absolute Gasteiger partial charge is 0.273 e. The third kappa shape index (κ3) is 3.07. The maximum atomic E-state index is 12.4. The highest BCUT2D eigenvalue weighted by Crippen LogP contribution is 2.21. The molecule has 21 heavy (non-hydrogen) atoms. The number of thiazole rings is 1. The Morgan fingerprint density at radius 1 is 1.57 bits per heavy atom. The molecule has 0 aromatic carbocycles. The summed E-state index contributed by atoms with van der Waals surface area (Å²) in [5.74, 6) is 0.810. The Morgan fingerprint density at radius 2 is 2.43 bits per heavy atom. The number of nitrogens with zero attached hydrogens (tertiary/aromatic N) is 3. The van der Waals surface area contributed by atoms with Crippen LogP contribution in [0.4, 0.5) is 0 Å². The summed E-state index contributed by atoms with van der Waals surface area (Å²) in [7, 11) is 0. The summed E-state index contributed by atoms with van der Waals surface area (Å²) >= 11 is 1.47. The standard InChI is InChI=1S/C14H17N3O3S/c1-9-12(10(2)20-16-9)7-13(18)17-5-3-11(8-17)19-14-15-4-6-21-14/h4,6,11H,3,5,7-8H2,1-2H3. The number of aryl methyl sites for hydroxylation is 2. The van der Waals surface area contributed by atoms with Crippen LogP contribution in [0.2, 0.25) is 0 Å². The van der Waals surface area contributed by atoms with Crippen LogP contribution in [0.1, 0.15) is 23.4 Å². The molecule has 1 saturated heterocycles. The fourth-order valence-electron chi connectivity index (χ4n) is 2.48. The average molecular weight is 307 g/mol. The molecule has 0 aliphatic carbocycles. The molecule has 0 spiro atoms. The predicted octanol–water partition coefficient (Wildman–Crippen LogP) is 1.97. The minimum absolute atomic E-state index is 0.0322. The topological polar surface area (TPSA) is 68.5 Å². The number of likely N-dealkylation sites (tertiary alicyclic amines) is 1. The maximum Gasteiger partial charge on any atom is 0.273 e. The Kier molecular flexibility index (Phi) is 3.92. The average Bonchev–Trinajstić information content (AvgIpc) is 3.18. The van der Waals surface area contributed by atoms with Crippen molar-refractivity contribution in [3.8, 4) is 5.19 Å². The second kappa shape index (κ2) is 5.85. The van der Waals surface area contributed by atoms with Gasteiger partial charge in [0.2, 0.25) is 5.91 Å². The molecule has 6 nitrogen and oxygen atoms in total. The zero-order valence-corrected chi connectivity index (χ0v) is 12.9. The molecule has 1 atom stereocenters. The molecule has 0 radical (unpaired) electrons. The Balaban J connectivity index is 1.57. The lowest BCUT2D eigenvalue weighted by Crippen LogP contribution is -2.32. The Bertz CT molecular complexity index is 604. The molecular weight excluding hydrogens is 290 g/mol. The quantitative estimate of drug-likeness (QED) is 0.864. The van der Waals surface area contributed by atoms with Gasteiger partial charge < -0.3 is 14.2 Å². The monoisotopic (exact) mass is 307 g/mol. The van der Waals surface area contributed by atoms with Crippen molar-refractivity contribution in [3.05, 3.63) is 28.6 Å². The normalized spacial score (nSPS) is 18.2. The van der Waals surface area contributed by atoms with E-state index in [2.05, 4.69) is 10.1 Å². The summed E-state index contributed by atoms with van der Waals surface area (Å²) in [6, 6.07) is 0. The van der Waals surface area contributed by atoms with Crippen LogP contribution < -0.4 is 4.74 Å². The lowest BCUT2D eigenvalue weighted by atomic mass is 10.1. The number of aromatic nitrogens is 2. The summed E-state index contributed by atoms with van der Waals surface area (Å²) in [6.45, 7) is 5.03. The third-order valence-corrected chi connectivity index (χ3v) is 4.35. The highest BCUT2D eigenvalue weighted by Gasteiger charge is 2.29. The molecule has 0 N–H and O–H groups in total. The predicted molar refractivity (Wildman–Crippen MR) is 77.4 cm³/mol. The summed E-state index contributed by atoms with van der Waals surface area (Å²) in [5.41, 5.74) is 1.68. The third-order valence-electron chi connectivity index (χ3n) is 3.68. The summed E-state index contributed by atoms with van der Waals surface area (Å²) in [6.07, 6.45) is 2.93. The zero-order valence-electron chi connectivity index (χ0n) is 12.0. The van der Waals surface area contributed by atoms with E-state index in [-0.39, 0.29) is 12.0 Å². The van der Waals surface area contributed by atoms with E-state index in [1.165, 1.54) is 11.3 Å². The molecule has 2 aromatic rings. The van der Waals surface area contributed by atoms with Crippen molar-refractivity contribution >= 4 is 17.2 Å². The van der Waals surface area contributed by atoms with Crippen LogP contribution in [-0.4, -0.2) is 40.1 Å². The van der Waals surface area contributed by atoms with Crippen molar-refractivity contribution in [2.75, 3.05) is 13.1 Å². The molecule has 7 heteroatoms. The lowest BCUT2D eigenvalue weighted by Gasteiger charge is -2.16. The van der Waals surface area contributed by atoms with Gasteiger partial charge in [0.15, 0.2) is 0 Å². The molecule has 1 aliphatic heterocycles. The molecule has 1 fully saturated rings. The van der Waals surface area contributed by atoms with E-state index >= 15 is 0 Å². The second-order valence-corrected chi connectivity index (χ2v) is 6.00. The van der Waals surface area contributed by atoms with E-state index in [9.17, 15) is 4.79 Å². The highest BCUT2D eigenvalue weighted by atomic mass is 32.1. The van der Waals surface area contributed by atoms with E-state index in [0.717, 1.165) is 30.0 Å². The number of carbonyl (C=O) groups excluding carboxylic acids is 1. The maximum absolute atomic E-state index is 12.4. The lowest BCUT2D eigenvalue weighted by molar-refractivity contribution is -0.129. The first-order chi connectivity index (χ1) is 10.1. The first kappa shape index (κ1) is 14.1. The first-order valence-corrected chi connectivity index (χ1v) is 7.77. The van der Waals surface area contributed by atoms with E-state index in [0.29, 0.717) is 18.2 Å². The second-order valence-electron chi connectivity index (χ2n) is 5.15. The van der Waals surface area contributed by atoms with Gasteiger partial charge in [-0.25, -0.2) is 4.98 Å². The van der Waals surface area contributed by atoms with Gasteiger partial charge in [-0.1, -0.05) is 16.5 Å². The highest BCUT2D eigenvalue weighted by molar-refractivity contribution is 7.11. The largest absolute Gasteiger partial charge is 0.465 e. The van der Waals surface area contributed by atoms with Crippen LogP contribution in [0.3, 0.4) is 0 Å². The molecule has 1 unspecified atom stereocenters. The van der Waals surface area contributed by atoms with E-state index < -0.39 is 0 Å². The van der Waals surface area contributed by atoms with Crippen LogP contribution in [0.5, 0.6) is 5.19 Å². The molecule has 3 rings (SSSR count). The number of ether oxygens (including phenoxy) is 1. The molecule has 1 aliphatic rings. The molecule has 0 saturated carbocycles.